The Balaban J connectivity index is 2.08. The van der Waals surface area contributed by atoms with Crippen LogP contribution in [0.15, 0.2) is 35.9 Å². The van der Waals surface area contributed by atoms with Crippen LogP contribution in [0.3, 0.4) is 0 Å². The van der Waals surface area contributed by atoms with Crippen LogP contribution in [-0.4, -0.2) is 30.7 Å². The maximum Gasteiger partial charge on any atom is 0.409 e. The summed E-state index contributed by atoms with van der Waals surface area (Å²) in [5.74, 6) is 6.37. The van der Waals surface area contributed by atoms with Crippen molar-refractivity contribution in [3.63, 3.8) is 0 Å². The smallest absolute Gasteiger partial charge is 0.409 e. The van der Waals surface area contributed by atoms with E-state index in [2.05, 4.69) is 44.7 Å². The van der Waals surface area contributed by atoms with Crippen molar-refractivity contribution < 1.29 is 9.53 Å². The fraction of sp³-hybridized carbons (Fsp3) is 0.450. The molecule has 1 aliphatic rings. The predicted octanol–water partition coefficient (Wildman–Crippen LogP) is 4.16. The lowest BCUT2D eigenvalue weighted by Gasteiger charge is -2.39. The van der Waals surface area contributed by atoms with Crippen LogP contribution in [-0.2, 0) is 4.74 Å². The Morgan fingerprint density at radius 3 is 2.87 bits per heavy atom. The van der Waals surface area contributed by atoms with Crippen LogP contribution >= 0.6 is 0 Å². The Hall–Kier alpha value is -2.21. The van der Waals surface area contributed by atoms with E-state index in [9.17, 15) is 4.79 Å². The first kappa shape index (κ1) is 17.1. The summed E-state index contributed by atoms with van der Waals surface area (Å²) < 4.78 is 5.10. The molecule has 0 spiro atoms. The van der Waals surface area contributed by atoms with Crippen molar-refractivity contribution in [2.24, 2.45) is 5.41 Å². The molecule has 1 fully saturated rings. The van der Waals surface area contributed by atoms with Crippen molar-refractivity contribution in [1.29, 1.82) is 0 Å². The molecule has 0 atom stereocenters. The number of carbonyl (C=O) groups excluding carboxylic acids is 1. The molecule has 0 aromatic heterocycles. The first-order chi connectivity index (χ1) is 10.9. The molecular weight excluding hydrogens is 286 g/mol. The Morgan fingerprint density at radius 2 is 2.22 bits per heavy atom. The summed E-state index contributed by atoms with van der Waals surface area (Å²) in [4.78, 5) is 13.7. The second kappa shape index (κ2) is 7.37. The van der Waals surface area contributed by atoms with Gasteiger partial charge in [-0.25, -0.2) is 4.79 Å². The maximum absolute atomic E-state index is 11.9. The number of nitrogens with zero attached hydrogens (tertiary/aromatic N) is 1. The summed E-state index contributed by atoms with van der Waals surface area (Å²) in [6, 6.07) is 8.19. The number of rotatable bonds is 1. The zero-order valence-electron chi connectivity index (χ0n) is 14.5. The number of ether oxygens (including phenoxy) is 1. The molecule has 1 amide bonds. The Bertz CT molecular complexity index is 662. The third-order valence-corrected chi connectivity index (χ3v) is 4.11. The number of hydrogen-bond donors (Lipinski definition) is 0. The van der Waals surface area contributed by atoms with Crippen molar-refractivity contribution in [1.82, 2.24) is 4.90 Å². The summed E-state index contributed by atoms with van der Waals surface area (Å²) in [5.41, 5.74) is 3.46. The van der Waals surface area contributed by atoms with Gasteiger partial charge in [0.25, 0.3) is 0 Å². The van der Waals surface area contributed by atoms with E-state index in [0.29, 0.717) is 19.7 Å². The van der Waals surface area contributed by atoms with Crippen LogP contribution < -0.4 is 0 Å². The minimum Gasteiger partial charge on any atom is -0.450 e. The first-order valence-electron chi connectivity index (χ1n) is 8.12. The van der Waals surface area contributed by atoms with Gasteiger partial charge < -0.3 is 9.64 Å². The number of carbonyl (C=O) groups is 1. The monoisotopic (exact) mass is 311 g/mol. The van der Waals surface area contributed by atoms with Crippen LogP contribution in [0, 0.1) is 24.2 Å². The fourth-order valence-corrected chi connectivity index (χ4v) is 2.82. The molecule has 1 aromatic carbocycles. The molecule has 0 radical (unpaired) electrons. The maximum atomic E-state index is 11.9. The zero-order valence-corrected chi connectivity index (χ0v) is 14.5. The van der Waals surface area contributed by atoms with E-state index in [-0.39, 0.29) is 11.5 Å². The fourth-order valence-electron chi connectivity index (χ4n) is 2.82. The summed E-state index contributed by atoms with van der Waals surface area (Å²) >= 11 is 0. The van der Waals surface area contributed by atoms with Crippen LogP contribution in [0.25, 0.3) is 0 Å². The Labute approximate surface area is 139 Å². The van der Waals surface area contributed by atoms with Gasteiger partial charge in [0, 0.05) is 24.1 Å². The van der Waals surface area contributed by atoms with E-state index in [0.717, 1.165) is 12.0 Å². The van der Waals surface area contributed by atoms with Crippen LogP contribution in [0.4, 0.5) is 4.79 Å². The predicted molar refractivity (Wildman–Crippen MR) is 93.1 cm³/mol. The molecule has 122 valence electrons. The average Bonchev–Trinajstić information content (AvgIpc) is 2.48. The van der Waals surface area contributed by atoms with Crippen molar-refractivity contribution in [3.8, 4) is 11.8 Å². The molecule has 3 nitrogen and oxygen atoms in total. The van der Waals surface area contributed by atoms with E-state index in [1.807, 2.05) is 25.1 Å². The van der Waals surface area contributed by atoms with Gasteiger partial charge in [-0.05, 0) is 44.0 Å². The molecule has 0 aliphatic carbocycles. The highest BCUT2D eigenvalue weighted by Gasteiger charge is 2.33. The van der Waals surface area contributed by atoms with Gasteiger partial charge in [0.05, 0.1) is 6.61 Å². The van der Waals surface area contributed by atoms with Gasteiger partial charge in [0.2, 0.25) is 0 Å². The third-order valence-electron chi connectivity index (χ3n) is 4.11. The summed E-state index contributed by atoms with van der Waals surface area (Å²) in [7, 11) is 0. The molecule has 1 aromatic rings. The second-order valence-corrected chi connectivity index (χ2v) is 6.56. The summed E-state index contributed by atoms with van der Waals surface area (Å²) in [5, 5.41) is 0. The molecule has 2 rings (SSSR count). The lowest BCUT2D eigenvalue weighted by atomic mass is 9.79. The second-order valence-electron chi connectivity index (χ2n) is 6.56. The van der Waals surface area contributed by atoms with Gasteiger partial charge in [0.15, 0.2) is 0 Å². The third kappa shape index (κ3) is 4.63. The number of hydrogen-bond acceptors (Lipinski definition) is 2. The SMILES string of the molecule is CCOC(=O)N1CC/C(=C\C#Cc2cccc(C)c2)C(C)(C)C1. The largest absolute Gasteiger partial charge is 0.450 e. The van der Waals surface area contributed by atoms with E-state index in [4.69, 9.17) is 4.74 Å². The van der Waals surface area contributed by atoms with Crippen LogP contribution in [0.1, 0.15) is 38.3 Å². The summed E-state index contributed by atoms with van der Waals surface area (Å²) in [6.07, 6.45) is 2.64. The van der Waals surface area contributed by atoms with Crippen molar-refractivity contribution in [3.05, 3.63) is 47.0 Å². The molecule has 0 bridgehead atoms. The van der Waals surface area contributed by atoms with E-state index in [1.165, 1.54) is 11.1 Å². The molecule has 0 unspecified atom stereocenters. The number of allylic oxidation sites excluding steroid dienone is 1. The van der Waals surface area contributed by atoms with Gasteiger partial charge in [-0.2, -0.15) is 0 Å². The molecule has 23 heavy (non-hydrogen) atoms. The lowest BCUT2D eigenvalue weighted by molar-refractivity contribution is 0.0862. The highest BCUT2D eigenvalue weighted by atomic mass is 16.6. The molecule has 0 saturated carbocycles. The van der Waals surface area contributed by atoms with Gasteiger partial charge in [-0.15, -0.1) is 0 Å². The molecule has 1 heterocycles. The molecule has 3 heteroatoms. The van der Waals surface area contributed by atoms with E-state index < -0.39 is 0 Å². The van der Waals surface area contributed by atoms with Crippen molar-refractivity contribution >= 4 is 6.09 Å². The molecular formula is C20H25NO2. The van der Waals surface area contributed by atoms with E-state index >= 15 is 0 Å². The normalized spacial score (nSPS) is 18.3. The van der Waals surface area contributed by atoms with Crippen LogP contribution in [0.5, 0.6) is 0 Å². The van der Waals surface area contributed by atoms with Crippen molar-refractivity contribution in [2.75, 3.05) is 19.7 Å². The van der Waals surface area contributed by atoms with Gasteiger partial charge >= 0.3 is 6.09 Å². The average molecular weight is 311 g/mol. The number of amides is 1. The quantitative estimate of drug-likeness (QED) is 0.729. The van der Waals surface area contributed by atoms with Gasteiger partial charge in [-0.1, -0.05) is 43.4 Å². The first-order valence-corrected chi connectivity index (χ1v) is 8.12. The van der Waals surface area contributed by atoms with Crippen LogP contribution in [0.2, 0.25) is 0 Å². The minimum absolute atomic E-state index is 0.0771. The number of aryl methyl sites for hydroxylation is 1. The Morgan fingerprint density at radius 1 is 1.43 bits per heavy atom. The van der Waals surface area contributed by atoms with Crippen molar-refractivity contribution in [2.45, 2.75) is 34.1 Å². The topological polar surface area (TPSA) is 29.5 Å². The number of benzene rings is 1. The van der Waals surface area contributed by atoms with Gasteiger partial charge in [0.1, 0.15) is 0 Å². The highest BCUT2D eigenvalue weighted by molar-refractivity contribution is 5.68. The molecule has 0 N–H and O–H groups in total. The number of piperidine rings is 1. The van der Waals surface area contributed by atoms with Gasteiger partial charge in [-0.3, -0.25) is 0 Å². The lowest BCUT2D eigenvalue weighted by Crippen LogP contribution is -2.45. The zero-order chi connectivity index (χ0) is 16.9. The minimum atomic E-state index is -0.217. The van der Waals surface area contributed by atoms with E-state index in [1.54, 1.807) is 4.90 Å². The Kier molecular flexibility index (Phi) is 5.50. The standard InChI is InChI=1S/C20H25NO2/c1-5-23-19(22)21-13-12-18(20(3,4)15-21)11-7-10-17-9-6-8-16(2)14-17/h6,8-9,11,14H,5,12-13,15H2,1-4H3/b18-11+. The summed E-state index contributed by atoms with van der Waals surface area (Å²) in [6.45, 7) is 9.98. The molecule has 1 saturated heterocycles. The number of likely N-dealkylation sites (tertiary alicyclic amines) is 1. The molecule has 1 aliphatic heterocycles. The highest BCUT2D eigenvalue weighted by Crippen LogP contribution is 2.34.